The topological polar surface area (TPSA) is 109 Å². The largest absolute Gasteiger partial charge is 0.296 e. The summed E-state index contributed by atoms with van der Waals surface area (Å²) < 4.78 is 65.5. The Labute approximate surface area is 134 Å². The fourth-order valence-corrected chi connectivity index (χ4v) is 4.35. The summed E-state index contributed by atoms with van der Waals surface area (Å²) in [4.78, 5) is -1.71. The highest BCUT2D eigenvalue weighted by molar-refractivity contribution is 7.89. The molecule has 122 valence electrons. The molecule has 6 nitrogen and oxygen atoms in total. The number of hydrogen-bond acceptors (Lipinski definition) is 4. The minimum atomic E-state index is -4.91. The van der Waals surface area contributed by atoms with E-state index in [1.54, 1.807) is 30.3 Å². The van der Waals surface area contributed by atoms with Crippen LogP contribution in [0, 0.1) is 0 Å². The molecule has 0 aliphatic rings. The van der Waals surface area contributed by atoms with Crippen molar-refractivity contribution in [3.8, 4) is 11.1 Å². The van der Waals surface area contributed by atoms with E-state index < -0.39 is 30.0 Å². The lowest BCUT2D eigenvalue weighted by Crippen LogP contribution is -2.11. The maximum atomic E-state index is 11.8. The van der Waals surface area contributed by atoms with Gasteiger partial charge in [-0.2, -0.15) is 16.8 Å². The van der Waals surface area contributed by atoms with Gasteiger partial charge in [0.15, 0.2) is 0 Å². The second kappa shape index (κ2) is 6.25. The number of benzene rings is 2. The predicted molar refractivity (Wildman–Crippen MR) is 85.4 cm³/mol. The zero-order valence-electron chi connectivity index (χ0n) is 11.9. The molecular formula is C15H14O6S2. The van der Waals surface area contributed by atoms with E-state index >= 15 is 0 Å². The van der Waals surface area contributed by atoms with Gasteiger partial charge in [-0.1, -0.05) is 42.5 Å². The van der Waals surface area contributed by atoms with Crippen LogP contribution in [0.2, 0.25) is 0 Å². The molecule has 0 aliphatic carbocycles. The summed E-state index contributed by atoms with van der Waals surface area (Å²) >= 11 is 0. The standard InChI is InChI=1S/C15H14O6S2/c1-2-6-11-9-10-13(22(16,17)18)15(23(19,20)21)14(11)12-7-4-3-5-8-12/h2-5,7-10H,1,6H2,(H,16,17,18)(H,19,20,21). The van der Waals surface area contributed by atoms with Crippen molar-refractivity contribution in [2.75, 3.05) is 0 Å². The van der Waals surface area contributed by atoms with E-state index in [-0.39, 0.29) is 12.0 Å². The average Bonchev–Trinajstić information content (AvgIpc) is 2.46. The quantitative estimate of drug-likeness (QED) is 0.631. The maximum absolute atomic E-state index is 11.8. The first-order valence-electron chi connectivity index (χ1n) is 6.43. The van der Waals surface area contributed by atoms with Gasteiger partial charge in [0.1, 0.15) is 9.79 Å². The Morgan fingerprint density at radius 1 is 0.913 bits per heavy atom. The molecular weight excluding hydrogens is 340 g/mol. The molecule has 2 N–H and O–H groups in total. The van der Waals surface area contributed by atoms with Gasteiger partial charge < -0.3 is 0 Å². The third-order valence-electron chi connectivity index (χ3n) is 3.17. The lowest BCUT2D eigenvalue weighted by molar-refractivity contribution is 0.467. The number of hydrogen-bond donors (Lipinski definition) is 2. The Hall–Kier alpha value is -2.00. The summed E-state index contributed by atoms with van der Waals surface area (Å²) in [6.45, 7) is 3.57. The zero-order chi connectivity index (χ0) is 17.3. The predicted octanol–water partition coefficient (Wildman–Crippen LogP) is 2.58. The van der Waals surface area contributed by atoms with Gasteiger partial charge in [0.25, 0.3) is 20.2 Å². The average molecular weight is 354 g/mol. The molecule has 0 aromatic heterocycles. The van der Waals surface area contributed by atoms with Gasteiger partial charge in [0, 0.05) is 5.56 Å². The lowest BCUT2D eigenvalue weighted by atomic mass is 9.97. The van der Waals surface area contributed by atoms with Crippen molar-refractivity contribution in [2.24, 2.45) is 0 Å². The summed E-state index contributed by atoms with van der Waals surface area (Å²) in [6.07, 6.45) is 1.77. The molecule has 0 radical (unpaired) electrons. The van der Waals surface area contributed by atoms with Crippen molar-refractivity contribution < 1.29 is 25.9 Å². The molecule has 0 fully saturated rings. The van der Waals surface area contributed by atoms with Crippen LogP contribution < -0.4 is 0 Å². The van der Waals surface area contributed by atoms with E-state index in [1.165, 1.54) is 12.1 Å². The summed E-state index contributed by atoms with van der Waals surface area (Å²) in [7, 11) is -9.75. The van der Waals surface area contributed by atoms with Crippen molar-refractivity contribution in [1.82, 2.24) is 0 Å². The molecule has 0 amide bonds. The fourth-order valence-electron chi connectivity index (χ4n) is 2.31. The minimum Gasteiger partial charge on any atom is -0.282 e. The van der Waals surface area contributed by atoms with Crippen LogP contribution >= 0.6 is 0 Å². The van der Waals surface area contributed by atoms with Crippen molar-refractivity contribution in [1.29, 1.82) is 0 Å². The first-order valence-corrected chi connectivity index (χ1v) is 9.31. The van der Waals surface area contributed by atoms with E-state index in [1.807, 2.05) is 0 Å². The van der Waals surface area contributed by atoms with E-state index in [2.05, 4.69) is 6.58 Å². The first kappa shape index (κ1) is 17.4. The number of rotatable bonds is 5. The monoisotopic (exact) mass is 354 g/mol. The molecule has 2 aromatic rings. The van der Waals surface area contributed by atoms with Crippen LogP contribution in [0.3, 0.4) is 0 Å². The van der Waals surface area contributed by atoms with E-state index in [0.717, 1.165) is 6.07 Å². The Morgan fingerprint density at radius 3 is 2.00 bits per heavy atom. The van der Waals surface area contributed by atoms with E-state index in [0.29, 0.717) is 11.1 Å². The lowest BCUT2D eigenvalue weighted by Gasteiger charge is -2.15. The molecule has 0 atom stereocenters. The molecule has 0 saturated heterocycles. The molecule has 0 saturated carbocycles. The molecule has 0 heterocycles. The summed E-state index contributed by atoms with van der Waals surface area (Å²) in [5, 5.41) is 0. The molecule has 0 spiro atoms. The molecule has 8 heteroatoms. The van der Waals surface area contributed by atoms with Crippen LogP contribution in [0.5, 0.6) is 0 Å². The second-order valence-electron chi connectivity index (χ2n) is 4.74. The van der Waals surface area contributed by atoms with Gasteiger partial charge in [0.2, 0.25) is 0 Å². The molecule has 0 aliphatic heterocycles. The summed E-state index contributed by atoms with van der Waals surface area (Å²) in [5.74, 6) is 0. The van der Waals surface area contributed by atoms with Crippen LogP contribution in [-0.2, 0) is 26.7 Å². The third-order valence-corrected chi connectivity index (χ3v) is 5.14. The van der Waals surface area contributed by atoms with Gasteiger partial charge >= 0.3 is 0 Å². The van der Waals surface area contributed by atoms with Crippen molar-refractivity contribution in [3.05, 3.63) is 60.7 Å². The first-order chi connectivity index (χ1) is 10.7. The van der Waals surface area contributed by atoms with E-state index in [9.17, 15) is 25.9 Å². The van der Waals surface area contributed by atoms with Crippen molar-refractivity contribution >= 4 is 20.2 Å². The van der Waals surface area contributed by atoms with Gasteiger partial charge in [-0.05, 0) is 23.6 Å². The van der Waals surface area contributed by atoms with Gasteiger partial charge in [0.05, 0.1) is 0 Å². The van der Waals surface area contributed by atoms with Crippen LogP contribution in [0.25, 0.3) is 11.1 Å². The SMILES string of the molecule is C=CCc1ccc(S(=O)(=O)O)c(S(=O)(=O)O)c1-c1ccccc1. The van der Waals surface area contributed by atoms with Crippen LogP contribution in [0.1, 0.15) is 5.56 Å². The summed E-state index contributed by atoms with van der Waals surface area (Å²) in [6, 6.07) is 10.5. The Balaban J connectivity index is 3.03. The molecule has 0 bridgehead atoms. The normalized spacial score (nSPS) is 12.1. The Bertz CT molecular complexity index is 945. The van der Waals surface area contributed by atoms with E-state index in [4.69, 9.17) is 0 Å². The highest BCUT2D eigenvalue weighted by Gasteiger charge is 2.29. The smallest absolute Gasteiger partial charge is 0.282 e. The van der Waals surface area contributed by atoms with Crippen molar-refractivity contribution in [3.63, 3.8) is 0 Å². The maximum Gasteiger partial charge on any atom is 0.296 e. The fraction of sp³-hybridized carbons (Fsp3) is 0.0667. The molecule has 0 unspecified atom stereocenters. The van der Waals surface area contributed by atoms with Crippen LogP contribution in [0.15, 0.2) is 64.9 Å². The van der Waals surface area contributed by atoms with Crippen LogP contribution in [-0.4, -0.2) is 25.9 Å². The molecule has 23 heavy (non-hydrogen) atoms. The second-order valence-corrected chi connectivity index (χ2v) is 7.48. The minimum absolute atomic E-state index is 0.0168. The molecule has 2 rings (SSSR count). The Kier molecular flexibility index (Phi) is 4.71. The Morgan fingerprint density at radius 2 is 1.52 bits per heavy atom. The zero-order valence-corrected chi connectivity index (χ0v) is 13.5. The third kappa shape index (κ3) is 3.67. The highest BCUT2D eigenvalue weighted by Crippen LogP contribution is 2.36. The van der Waals surface area contributed by atoms with Crippen molar-refractivity contribution in [2.45, 2.75) is 16.2 Å². The van der Waals surface area contributed by atoms with Gasteiger partial charge in [-0.15, -0.1) is 6.58 Å². The summed E-state index contributed by atoms with van der Waals surface area (Å²) in [5.41, 5.74) is 0.858. The van der Waals surface area contributed by atoms with Crippen LogP contribution in [0.4, 0.5) is 0 Å². The molecule has 2 aromatic carbocycles. The number of allylic oxidation sites excluding steroid dienone is 1. The highest BCUT2D eigenvalue weighted by atomic mass is 32.2. The van der Waals surface area contributed by atoms with Gasteiger partial charge in [-0.25, -0.2) is 0 Å². The van der Waals surface area contributed by atoms with Gasteiger partial charge in [-0.3, -0.25) is 9.11 Å².